The summed E-state index contributed by atoms with van der Waals surface area (Å²) in [5.41, 5.74) is 4.17. The Balaban J connectivity index is 1.55. The van der Waals surface area contributed by atoms with Crippen LogP contribution in [-0.4, -0.2) is 56.7 Å². The highest BCUT2D eigenvalue weighted by atomic mass is 16.5. The fourth-order valence-electron chi connectivity index (χ4n) is 4.45. The third kappa shape index (κ3) is 4.26. The number of hydrogen-bond donors (Lipinski definition) is 0. The van der Waals surface area contributed by atoms with E-state index in [9.17, 15) is 4.79 Å². The lowest BCUT2D eigenvalue weighted by Crippen LogP contribution is -2.37. The van der Waals surface area contributed by atoms with E-state index in [4.69, 9.17) is 9.47 Å². The zero-order valence-corrected chi connectivity index (χ0v) is 18.9. The van der Waals surface area contributed by atoms with Gasteiger partial charge in [0.1, 0.15) is 5.75 Å². The largest absolute Gasteiger partial charge is 0.493 e. The van der Waals surface area contributed by atoms with Crippen LogP contribution in [0.2, 0.25) is 0 Å². The first-order valence-corrected chi connectivity index (χ1v) is 11.4. The number of amides is 1. The lowest BCUT2D eigenvalue weighted by molar-refractivity contribution is 0.0505. The number of rotatable bonds is 7. The summed E-state index contributed by atoms with van der Waals surface area (Å²) >= 11 is 0. The van der Waals surface area contributed by atoms with E-state index < -0.39 is 0 Å². The molecule has 170 valence electrons. The quantitative estimate of drug-likeness (QED) is 0.430. The highest BCUT2D eigenvalue weighted by Crippen LogP contribution is 2.26. The van der Waals surface area contributed by atoms with Crippen LogP contribution in [0.15, 0.2) is 48.5 Å². The topological polar surface area (TPSA) is 81.9 Å². The van der Waals surface area contributed by atoms with Gasteiger partial charge in [-0.3, -0.25) is 4.79 Å². The first-order chi connectivity index (χ1) is 16.1. The van der Waals surface area contributed by atoms with E-state index in [1.165, 1.54) is 0 Å². The number of aryl methyl sites for hydroxylation is 1. The Labute approximate surface area is 192 Å². The first kappa shape index (κ1) is 21.3. The second-order valence-corrected chi connectivity index (χ2v) is 8.40. The molecule has 0 aliphatic carbocycles. The molecule has 3 heterocycles. The zero-order valence-electron chi connectivity index (χ0n) is 18.9. The molecule has 0 radical (unpaired) electrons. The fourth-order valence-corrected chi connectivity index (χ4v) is 4.45. The minimum Gasteiger partial charge on any atom is -0.493 e. The summed E-state index contributed by atoms with van der Waals surface area (Å²) in [4.78, 5) is 15.6. The van der Waals surface area contributed by atoms with Crippen molar-refractivity contribution in [2.24, 2.45) is 0 Å². The SMILES string of the molecule is CCOc1ccccc1C(=O)N(Cc1cc2cc(C)ccc2n2nnnc12)CC1CCCO1. The van der Waals surface area contributed by atoms with Crippen molar-refractivity contribution in [1.82, 2.24) is 24.9 Å². The van der Waals surface area contributed by atoms with Gasteiger partial charge in [-0.15, -0.1) is 5.10 Å². The second-order valence-electron chi connectivity index (χ2n) is 8.40. The molecule has 1 atom stereocenters. The van der Waals surface area contributed by atoms with Crippen LogP contribution in [-0.2, 0) is 11.3 Å². The number of para-hydroxylation sites is 1. The highest BCUT2D eigenvalue weighted by Gasteiger charge is 2.26. The molecular formula is C25H27N5O3. The molecule has 2 aromatic carbocycles. The van der Waals surface area contributed by atoms with Crippen LogP contribution in [0, 0.1) is 6.92 Å². The number of carbonyl (C=O) groups excluding carboxylic acids is 1. The second kappa shape index (κ2) is 9.15. The molecule has 5 rings (SSSR count). The zero-order chi connectivity index (χ0) is 22.8. The Morgan fingerprint density at radius 1 is 1.24 bits per heavy atom. The summed E-state index contributed by atoms with van der Waals surface area (Å²) in [6.07, 6.45) is 1.97. The molecule has 33 heavy (non-hydrogen) atoms. The van der Waals surface area contributed by atoms with Crippen molar-refractivity contribution in [3.05, 3.63) is 65.2 Å². The van der Waals surface area contributed by atoms with Gasteiger partial charge in [-0.05, 0) is 67.4 Å². The van der Waals surface area contributed by atoms with E-state index in [1.54, 1.807) is 4.52 Å². The van der Waals surface area contributed by atoms with Crippen molar-refractivity contribution in [3.63, 3.8) is 0 Å². The van der Waals surface area contributed by atoms with Crippen molar-refractivity contribution < 1.29 is 14.3 Å². The third-order valence-electron chi connectivity index (χ3n) is 6.01. The lowest BCUT2D eigenvalue weighted by Gasteiger charge is -2.26. The number of benzene rings is 2. The molecule has 0 spiro atoms. The molecule has 2 aromatic heterocycles. The van der Waals surface area contributed by atoms with E-state index in [0.717, 1.165) is 41.5 Å². The predicted octanol–water partition coefficient (Wildman–Crippen LogP) is 3.81. The van der Waals surface area contributed by atoms with Crippen molar-refractivity contribution in [3.8, 4) is 5.75 Å². The Bertz CT molecular complexity index is 1300. The third-order valence-corrected chi connectivity index (χ3v) is 6.01. The first-order valence-electron chi connectivity index (χ1n) is 11.4. The van der Waals surface area contributed by atoms with Gasteiger partial charge in [-0.1, -0.05) is 23.8 Å². The molecular weight excluding hydrogens is 418 g/mol. The molecule has 0 saturated carbocycles. The fraction of sp³-hybridized carbons (Fsp3) is 0.360. The Kier molecular flexibility index (Phi) is 5.92. The molecule has 1 unspecified atom stereocenters. The lowest BCUT2D eigenvalue weighted by atomic mass is 10.1. The number of ether oxygens (including phenoxy) is 2. The number of aromatic nitrogens is 4. The smallest absolute Gasteiger partial charge is 0.258 e. The summed E-state index contributed by atoms with van der Waals surface area (Å²) in [6, 6.07) is 15.6. The minimum atomic E-state index is -0.0930. The molecule has 4 aromatic rings. The van der Waals surface area contributed by atoms with Crippen LogP contribution in [0.1, 0.15) is 41.3 Å². The van der Waals surface area contributed by atoms with Gasteiger partial charge < -0.3 is 14.4 Å². The molecule has 1 amide bonds. The van der Waals surface area contributed by atoms with E-state index in [2.05, 4.69) is 34.6 Å². The number of hydrogen-bond acceptors (Lipinski definition) is 6. The van der Waals surface area contributed by atoms with Crippen molar-refractivity contribution in [1.29, 1.82) is 0 Å². The van der Waals surface area contributed by atoms with Crippen LogP contribution in [0.5, 0.6) is 5.75 Å². The van der Waals surface area contributed by atoms with Gasteiger partial charge in [0.05, 0.1) is 23.8 Å². The standard InChI is InChI=1S/C25H27N5O3/c1-3-32-23-9-5-4-8-21(23)25(31)29(16-20-7-6-12-33-20)15-19-14-18-13-17(2)10-11-22(18)30-24(19)26-27-28-30/h4-5,8-11,13-14,20H,3,6-7,12,15-16H2,1-2H3. The molecule has 1 saturated heterocycles. The monoisotopic (exact) mass is 445 g/mol. The van der Waals surface area contributed by atoms with Crippen LogP contribution in [0.25, 0.3) is 16.6 Å². The minimum absolute atomic E-state index is 0.0166. The Morgan fingerprint density at radius 2 is 2.12 bits per heavy atom. The normalized spacial score (nSPS) is 15.9. The molecule has 8 nitrogen and oxygen atoms in total. The van der Waals surface area contributed by atoms with Crippen molar-refractivity contribution in [2.75, 3.05) is 19.8 Å². The van der Waals surface area contributed by atoms with Crippen LogP contribution in [0.3, 0.4) is 0 Å². The Morgan fingerprint density at radius 3 is 2.94 bits per heavy atom. The van der Waals surface area contributed by atoms with E-state index in [0.29, 0.717) is 36.7 Å². The number of carbonyl (C=O) groups is 1. The molecule has 8 heteroatoms. The average molecular weight is 446 g/mol. The van der Waals surface area contributed by atoms with Crippen LogP contribution >= 0.6 is 0 Å². The summed E-state index contributed by atoms with van der Waals surface area (Å²) in [6.45, 7) is 6.06. The van der Waals surface area contributed by atoms with Gasteiger partial charge in [0.15, 0.2) is 5.65 Å². The van der Waals surface area contributed by atoms with E-state index >= 15 is 0 Å². The summed E-state index contributed by atoms with van der Waals surface area (Å²) in [5, 5.41) is 13.4. The van der Waals surface area contributed by atoms with Crippen molar-refractivity contribution >= 4 is 22.5 Å². The summed E-state index contributed by atoms with van der Waals surface area (Å²) in [7, 11) is 0. The van der Waals surface area contributed by atoms with Crippen LogP contribution in [0.4, 0.5) is 0 Å². The van der Waals surface area contributed by atoms with Gasteiger partial charge in [0.25, 0.3) is 5.91 Å². The number of fused-ring (bicyclic) bond motifs is 3. The van der Waals surface area contributed by atoms with Gasteiger partial charge >= 0.3 is 0 Å². The number of nitrogens with zero attached hydrogens (tertiary/aromatic N) is 5. The van der Waals surface area contributed by atoms with E-state index in [1.807, 2.05) is 48.2 Å². The molecule has 0 N–H and O–H groups in total. The van der Waals surface area contributed by atoms with Crippen molar-refractivity contribution in [2.45, 2.75) is 39.3 Å². The number of pyridine rings is 1. The summed E-state index contributed by atoms with van der Waals surface area (Å²) in [5.74, 6) is 0.496. The van der Waals surface area contributed by atoms with E-state index in [-0.39, 0.29) is 12.0 Å². The molecule has 1 aliphatic heterocycles. The Hall–Kier alpha value is -3.52. The highest BCUT2D eigenvalue weighted by molar-refractivity contribution is 5.97. The van der Waals surface area contributed by atoms with Crippen LogP contribution < -0.4 is 4.74 Å². The molecule has 1 fully saturated rings. The van der Waals surface area contributed by atoms with Gasteiger partial charge in [-0.25, -0.2) is 0 Å². The average Bonchev–Trinajstić information content (AvgIpc) is 3.51. The maximum Gasteiger partial charge on any atom is 0.258 e. The van der Waals surface area contributed by atoms with Gasteiger partial charge in [0.2, 0.25) is 0 Å². The van der Waals surface area contributed by atoms with Gasteiger partial charge in [0, 0.05) is 30.6 Å². The molecule has 1 aliphatic rings. The number of tetrazole rings is 1. The summed E-state index contributed by atoms with van der Waals surface area (Å²) < 4.78 is 13.4. The maximum atomic E-state index is 13.8. The van der Waals surface area contributed by atoms with Gasteiger partial charge in [-0.2, -0.15) is 4.52 Å². The predicted molar refractivity (Wildman–Crippen MR) is 124 cm³/mol. The molecule has 0 bridgehead atoms. The maximum absolute atomic E-state index is 13.8.